The molecular weight excluding hydrogens is 489 g/mol. The van der Waals surface area contributed by atoms with Gasteiger partial charge in [-0.3, -0.25) is 9.59 Å². The lowest BCUT2D eigenvalue weighted by molar-refractivity contribution is -0.140. The minimum absolute atomic E-state index is 0.0423. The summed E-state index contributed by atoms with van der Waals surface area (Å²) in [4.78, 5) is 42.0. The number of nitrogens with zero attached hydrogens (tertiary/aromatic N) is 2. The van der Waals surface area contributed by atoms with Crippen LogP contribution < -0.4 is 16.0 Å². The number of halogens is 1. The van der Waals surface area contributed by atoms with Gasteiger partial charge < -0.3 is 30.5 Å². The van der Waals surface area contributed by atoms with E-state index >= 15 is 0 Å². The van der Waals surface area contributed by atoms with Crippen LogP contribution in [0.4, 0.5) is 9.18 Å². The minimum atomic E-state index is -0.764. The molecule has 1 saturated heterocycles. The number of amides is 3. The number of likely N-dealkylation sites (tertiary alicyclic amines) is 1. The summed E-state index contributed by atoms with van der Waals surface area (Å²) >= 11 is 0. The molecule has 3 unspecified atom stereocenters. The zero-order valence-electron chi connectivity index (χ0n) is 24.2. The molecule has 3 amide bonds. The number of hydrogen-bond acceptors (Lipinski definition) is 6. The van der Waals surface area contributed by atoms with E-state index in [4.69, 9.17) is 4.74 Å². The molecule has 1 heterocycles. The second-order valence-electron chi connectivity index (χ2n) is 12.1. The largest absolute Gasteiger partial charge is 0.444 e. The maximum absolute atomic E-state index is 13.8. The molecule has 1 aliphatic rings. The molecule has 0 aliphatic carbocycles. The number of carbonyl (C=O) groups excluding carboxylic acids is 3. The van der Waals surface area contributed by atoms with Gasteiger partial charge in [-0.05, 0) is 70.3 Å². The molecule has 214 valence electrons. The van der Waals surface area contributed by atoms with Gasteiger partial charge in [-0.15, -0.1) is 0 Å². The van der Waals surface area contributed by atoms with Crippen molar-refractivity contribution in [1.82, 2.24) is 25.8 Å². The van der Waals surface area contributed by atoms with E-state index in [0.29, 0.717) is 19.6 Å². The Morgan fingerprint density at radius 1 is 1.13 bits per heavy atom. The standard InChI is InChI=1S/C28H46FN5O4/c1-27(2,3)24(32-23(35)18-33(8)26(37)38-28(4,5)6)25(36)34-17-21(30-7)15-22(34)16-31-14-13-19-9-11-20(29)12-10-19/h9-12,21-22,24,30-31H,13-18H2,1-8H3,(H,32,35). The summed E-state index contributed by atoms with van der Waals surface area (Å²) in [6.45, 7) is 12.6. The number of nitrogens with one attached hydrogen (secondary N) is 3. The van der Waals surface area contributed by atoms with Crippen LogP contribution in [-0.4, -0.2) is 91.7 Å². The summed E-state index contributed by atoms with van der Waals surface area (Å²) in [6.07, 6.45) is 0.940. The summed E-state index contributed by atoms with van der Waals surface area (Å²) in [6, 6.07) is 5.80. The Kier molecular flexibility index (Phi) is 11.1. The zero-order chi connectivity index (χ0) is 28.7. The van der Waals surface area contributed by atoms with Crippen molar-refractivity contribution < 1.29 is 23.5 Å². The second kappa shape index (κ2) is 13.4. The van der Waals surface area contributed by atoms with Crippen LogP contribution >= 0.6 is 0 Å². The van der Waals surface area contributed by atoms with Crippen molar-refractivity contribution in [3.63, 3.8) is 0 Å². The first-order chi connectivity index (χ1) is 17.6. The summed E-state index contributed by atoms with van der Waals surface area (Å²) in [5, 5.41) is 9.59. The zero-order valence-corrected chi connectivity index (χ0v) is 24.2. The lowest BCUT2D eigenvalue weighted by Crippen LogP contribution is -2.58. The highest BCUT2D eigenvalue weighted by Gasteiger charge is 2.42. The topological polar surface area (TPSA) is 103 Å². The fourth-order valence-corrected chi connectivity index (χ4v) is 4.38. The molecule has 1 aromatic carbocycles. The molecule has 2 rings (SSSR count). The predicted octanol–water partition coefficient (Wildman–Crippen LogP) is 2.54. The molecule has 3 N–H and O–H groups in total. The van der Waals surface area contributed by atoms with Gasteiger partial charge in [-0.1, -0.05) is 32.9 Å². The summed E-state index contributed by atoms with van der Waals surface area (Å²) < 4.78 is 18.5. The highest BCUT2D eigenvalue weighted by molar-refractivity contribution is 5.90. The Bertz CT molecular complexity index is 942. The van der Waals surface area contributed by atoms with E-state index in [1.807, 2.05) is 32.7 Å². The molecule has 0 bridgehead atoms. The third-order valence-corrected chi connectivity index (χ3v) is 6.49. The van der Waals surface area contributed by atoms with Crippen LogP contribution in [0.5, 0.6) is 0 Å². The Morgan fingerprint density at radius 2 is 1.76 bits per heavy atom. The van der Waals surface area contributed by atoms with Crippen LogP contribution in [0.15, 0.2) is 24.3 Å². The van der Waals surface area contributed by atoms with E-state index in [2.05, 4.69) is 16.0 Å². The molecule has 0 radical (unpaired) electrons. The van der Waals surface area contributed by atoms with E-state index in [9.17, 15) is 18.8 Å². The van der Waals surface area contributed by atoms with Crippen LogP contribution in [-0.2, 0) is 20.7 Å². The van der Waals surface area contributed by atoms with Crippen LogP contribution in [0.2, 0.25) is 0 Å². The monoisotopic (exact) mass is 535 g/mol. The molecule has 38 heavy (non-hydrogen) atoms. The van der Waals surface area contributed by atoms with E-state index in [0.717, 1.165) is 18.4 Å². The van der Waals surface area contributed by atoms with Crippen LogP contribution in [0, 0.1) is 11.2 Å². The normalized spacial score (nSPS) is 18.7. The fourth-order valence-electron chi connectivity index (χ4n) is 4.38. The lowest BCUT2D eigenvalue weighted by Gasteiger charge is -2.36. The van der Waals surface area contributed by atoms with Crippen molar-refractivity contribution in [3.8, 4) is 0 Å². The first kappa shape index (κ1) is 31.5. The maximum Gasteiger partial charge on any atom is 0.410 e. The molecule has 0 spiro atoms. The fraction of sp³-hybridized carbons (Fsp3) is 0.679. The molecule has 1 aromatic rings. The van der Waals surface area contributed by atoms with Crippen molar-refractivity contribution >= 4 is 17.9 Å². The number of rotatable bonds is 10. The molecule has 1 aliphatic heterocycles. The van der Waals surface area contributed by atoms with Crippen LogP contribution in [0.3, 0.4) is 0 Å². The van der Waals surface area contributed by atoms with E-state index in [1.54, 1.807) is 32.9 Å². The Hall–Kier alpha value is -2.72. The summed E-state index contributed by atoms with van der Waals surface area (Å²) in [5.74, 6) is -0.823. The third kappa shape index (κ3) is 9.87. The molecule has 1 fully saturated rings. The van der Waals surface area contributed by atoms with Crippen molar-refractivity contribution in [3.05, 3.63) is 35.6 Å². The number of likely N-dealkylation sites (N-methyl/N-ethyl adjacent to an activating group) is 2. The van der Waals surface area contributed by atoms with Gasteiger partial charge in [-0.2, -0.15) is 0 Å². The minimum Gasteiger partial charge on any atom is -0.444 e. The van der Waals surface area contributed by atoms with Gasteiger partial charge in [0.2, 0.25) is 11.8 Å². The Balaban J connectivity index is 2.02. The summed E-state index contributed by atoms with van der Waals surface area (Å²) in [5.41, 5.74) is -0.179. The predicted molar refractivity (Wildman–Crippen MR) is 146 cm³/mol. The molecule has 3 atom stereocenters. The van der Waals surface area contributed by atoms with Crippen molar-refractivity contribution in [1.29, 1.82) is 0 Å². The first-order valence-corrected chi connectivity index (χ1v) is 13.3. The number of benzene rings is 1. The van der Waals surface area contributed by atoms with Gasteiger partial charge in [0, 0.05) is 32.2 Å². The van der Waals surface area contributed by atoms with E-state index < -0.39 is 29.1 Å². The first-order valence-electron chi connectivity index (χ1n) is 13.3. The van der Waals surface area contributed by atoms with Crippen LogP contribution in [0.25, 0.3) is 0 Å². The molecule has 0 saturated carbocycles. The van der Waals surface area contributed by atoms with Crippen molar-refractivity contribution in [2.24, 2.45) is 5.41 Å². The number of ether oxygens (including phenoxy) is 1. The molecular formula is C28H46FN5O4. The van der Waals surface area contributed by atoms with Gasteiger partial charge in [0.25, 0.3) is 0 Å². The number of hydrogen-bond donors (Lipinski definition) is 3. The quantitative estimate of drug-likeness (QED) is 0.398. The van der Waals surface area contributed by atoms with E-state index in [-0.39, 0.29) is 30.4 Å². The van der Waals surface area contributed by atoms with Gasteiger partial charge in [0.1, 0.15) is 24.0 Å². The lowest BCUT2D eigenvalue weighted by atomic mass is 9.85. The van der Waals surface area contributed by atoms with Gasteiger partial charge >= 0.3 is 6.09 Å². The van der Waals surface area contributed by atoms with Gasteiger partial charge in [0.05, 0.1) is 0 Å². The highest BCUT2D eigenvalue weighted by atomic mass is 19.1. The highest BCUT2D eigenvalue weighted by Crippen LogP contribution is 2.26. The van der Waals surface area contributed by atoms with Gasteiger partial charge in [0.15, 0.2) is 0 Å². The van der Waals surface area contributed by atoms with Crippen molar-refractivity contribution in [2.45, 2.75) is 78.1 Å². The number of carbonyl (C=O) groups is 3. The maximum atomic E-state index is 13.8. The average molecular weight is 536 g/mol. The smallest absolute Gasteiger partial charge is 0.410 e. The van der Waals surface area contributed by atoms with Crippen molar-refractivity contribution in [2.75, 3.05) is 40.3 Å². The molecule has 0 aromatic heterocycles. The SMILES string of the molecule is CNC1CC(CNCCc2ccc(F)cc2)N(C(=O)C(NC(=O)CN(C)C(=O)OC(C)(C)C)C(C)(C)C)C1. The summed E-state index contributed by atoms with van der Waals surface area (Å²) in [7, 11) is 3.38. The van der Waals surface area contributed by atoms with Gasteiger partial charge in [-0.25, -0.2) is 9.18 Å². The average Bonchev–Trinajstić information content (AvgIpc) is 3.22. The second-order valence-corrected chi connectivity index (χ2v) is 12.1. The Labute approximate surface area is 226 Å². The molecule has 9 nitrogen and oxygen atoms in total. The third-order valence-electron chi connectivity index (χ3n) is 6.49. The van der Waals surface area contributed by atoms with Crippen LogP contribution in [0.1, 0.15) is 53.5 Å². The van der Waals surface area contributed by atoms with E-state index in [1.165, 1.54) is 24.1 Å². The molecule has 10 heteroatoms. The Morgan fingerprint density at radius 3 is 2.32 bits per heavy atom.